The Morgan fingerprint density at radius 1 is 1.32 bits per heavy atom. The van der Waals surface area contributed by atoms with E-state index in [1.165, 1.54) is 24.3 Å². The van der Waals surface area contributed by atoms with Crippen molar-refractivity contribution in [2.75, 3.05) is 0 Å². The molecule has 0 radical (unpaired) electrons. The topological polar surface area (TPSA) is 66.4 Å². The molecule has 1 fully saturated rings. The van der Waals surface area contributed by atoms with Crippen LogP contribution in [0.3, 0.4) is 0 Å². The van der Waals surface area contributed by atoms with Crippen LogP contribution < -0.4 is 5.32 Å². The Balaban J connectivity index is 1.87. The number of amides is 1. The second-order valence-electron chi connectivity index (χ2n) is 4.94. The first-order valence-electron chi connectivity index (χ1n) is 6.31. The second-order valence-corrected chi connectivity index (χ2v) is 4.94. The third-order valence-electron chi connectivity index (χ3n) is 3.18. The molecule has 0 unspecified atom stereocenters. The number of carbonyl (C=O) groups is 2. The van der Waals surface area contributed by atoms with Gasteiger partial charge in [-0.1, -0.05) is 25.0 Å². The SMILES string of the molecule is O=C(Cc1ccc(F)cc1)N[C@@H](CC1CC1)C(=O)O. The molecular weight excluding hydrogens is 249 g/mol. The van der Waals surface area contributed by atoms with Gasteiger partial charge in [-0.3, -0.25) is 4.79 Å². The van der Waals surface area contributed by atoms with Crippen LogP contribution in [0.5, 0.6) is 0 Å². The second kappa shape index (κ2) is 5.82. The Morgan fingerprint density at radius 2 is 1.95 bits per heavy atom. The molecule has 102 valence electrons. The summed E-state index contributed by atoms with van der Waals surface area (Å²) >= 11 is 0. The van der Waals surface area contributed by atoms with E-state index in [1.807, 2.05) is 0 Å². The molecule has 1 aromatic carbocycles. The van der Waals surface area contributed by atoms with Gasteiger partial charge >= 0.3 is 5.97 Å². The summed E-state index contributed by atoms with van der Waals surface area (Å²) in [5, 5.41) is 11.6. The summed E-state index contributed by atoms with van der Waals surface area (Å²) in [6.07, 6.45) is 2.63. The maximum absolute atomic E-state index is 12.7. The number of benzene rings is 1. The van der Waals surface area contributed by atoms with Crippen molar-refractivity contribution in [1.82, 2.24) is 5.32 Å². The van der Waals surface area contributed by atoms with E-state index >= 15 is 0 Å². The smallest absolute Gasteiger partial charge is 0.326 e. The summed E-state index contributed by atoms with van der Waals surface area (Å²) in [6, 6.07) is 4.78. The standard InChI is InChI=1S/C14H16FNO3/c15-11-5-3-10(4-6-11)8-13(17)16-12(14(18)19)7-9-1-2-9/h3-6,9,12H,1-2,7-8H2,(H,16,17)(H,18,19)/t12-/m0/s1. The summed E-state index contributed by atoms with van der Waals surface area (Å²) in [6.45, 7) is 0. The van der Waals surface area contributed by atoms with Crippen molar-refractivity contribution in [3.8, 4) is 0 Å². The zero-order valence-corrected chi connectivity index (χ0v) is 10.4. The third-order valence-corrected chi connectivity index (χ3v) is 3.18. The van der Waals surface area contributed by atoms with Crippen molar-refractivity contribution in [3.63, 3.8) is 0 Å². The molecule has 4 nitrogen and oxygen atoms in total. The van der Waals surface area contributed by atoms with Gasteiger partial charge in [-0.2, -0.15) is 0 Å². The quantitative estimate of drug-likeness (QED) is 0.823. The summed E-state index contributed by atoms with van der Waals surface area (Å²) in [7, 11) is 0. The van der Waals surface area contributed by atoms with E-state index in [0.29, 0.717) is 17.9 Å². The van der Waals surface area contributed by atoms with Crippen molar-refractivity contribution < 1.29 is 19.1 Å². The molecule has 1 aliphatic rings. The van der Waals surface area contributed by atoms with Crippen molar-refractivity contribution in [2.45, 2.75) is 31.7 Å². The van der Waals surface area contributed by atoms with E-state index in [2.05, 4.69) is 5.32 Å². The van der Waals surface area contributed by atoms with Gasteiger partial charge in [0.25, 0.3) is 0 Å². The van der Waals surface area contributed by atoms with Crippen molar-refractivity contribution in [3.05, 3.63) is 35.6 Å². The minimum Gasteiger partial charge on any atom is -0.480 e. The van der Waals surface area contributed by atoms with Crippen LogP contribution >= 0.6 is 0 Å². The van der Waals surface area contributed by atoms with Gasteiger partial charge in [0, 0.05) is 0 Å². The Kier molecular flexibility index (Phi) is 4.14. The predicted molar refractivity (Wildman–Crippen MR) is 67.0 cm³/mol. The highest BCUT2D eigenvalue weighted by atomic mass is 19.1. The van der Waals surface area contributed by atoms with E-state index in [4.69, 9.17) is 5.11 Å². The van der Waals surface area contributed by atoms with Crippen LogP contribution in [-0.4, -0.2) is 23.0 Å². The minimum absolute atomic E-state index is 0.0642. The normalized spacial score (nSPS) is 15.8. The molecule has 0 saturated heterocycles. The molecular formula is C14H16FNO3. The first-order chi connectivity index (χ1) is 9.04. The van der Waals surface area contributed by atoms with Gasteiger partial charge in [-0.25, -0.2) is 9.18 Å². The molecule has 0 spiro atoms. The van der Waals surface area contributed by atoms with E-state index < -0.39 is 12.0 Å². The Morgan fingerprint density at radius 3 is 2.47 bits per heavy atom. The van der Waals surface area contributed by atoms with E-state index in [-0.39, 0.29) is 18.1 Å². The summed E-state index contributed by atoms with van der Waals surface area (Å²) in [5.74, 6) is -1.28. The van der Waals surface area contributed by atoms with Gasteiger partial charge in [0.05, 0.1) is 6.42 Å². The van der Waals surface area contributed by atoms with Gasteiger partial charge in [0.2, 0.25) is 5.91 Å². The number of halogens is 1. The fraction of sp³-hybridized carbons (Fsp3) is 0.429. The van der Waals surface area contributed by atoms with Crippen LogP contribution in [0, 0.1) is 11.7 Å². The predicted octanol–water partition coefficient (Wildman–Crippen LogP) is 1.74. The number of carboxylic acid groups (broad SMARTS) is 1. The zero-order chi connectivity index (χ0) is 13.8. The van der Waals surface area contributed by atoms with Crippen LogP contribution in [0.25, 0.3) is 0 Å². The zero-order valence-electron chi connectivity index (χ0n) is 10.4. The van der Waals surface area contributed by atoms with Crippen LogP contribution in [0.4, 0.5) is 4.39 Å². The average Bonchev–Trinajstić information content (AvgIpc) is 3.15. The Labute approximate surface area is 110 Å². The molecule has 1 aromatic rings. The van der Waals surface area contributed by atoms with Gasteiger partial charge in [0.1, 0.15) is 11.9 Å². The van der Waals surface area contributed by atoms with Gasteiger partial charge < -0.3 is 10.4 Å². The monoisotopic (exact) mass is 265 g/mol. The molecule has 19 heavy (non-hydrogen) atoms. The number of carboxylic acids is 1. The molecule has 0 bridgehead atoms. The largest absolute Gasteiger partial charge is 0.480 e. The van der Waals surface area contributed by atoms with Crippen molar-refractivity contribution in [1.29, 1.82) is 0 Å². The van der Waals surface area contributed by atoms with Crippen LogP contribution in [0.2, 0.25) is 0 Å². The Bertz CT molecular complexity index is 468. The Hall–Kier alpha value is -1.91. The molecule has 0 heterocycles. The first kappa shape index (κ1) is 13.5. The molecule has 1 amide bonds. The van der Waals surface area contributed by atoms with E-state index in [9.17, 15) is 14.0 Å². The van der Waals surface area contributed by atoms with E-state index in [1.54, 1.807) is 0 Å². The molecule has 1 atom stereocenters. The number of aliphatic carboxylic acids is 1. The van der Waals surface area contributed by atoms with Crippen molar-refractivity contribution in [2.24, 2.45) is 5.92 Å². The lowest BCUT2D eigenvalue weighted by atomic mass is 10.1. The molecule has 2 N–H and O–H groups in total. The third kappa shape index (κ3) is 4.35. The maximum Gasteiger partial charge on any atom is 0.326 e. The average molecular weight is 265 g/mol. The number of rotatable bonds is 6. The first-order valence-corrected chi connectivity index (χ1v) is 6.31. The highest BCUT2D eigenvalue weighted by molar-refractivity contribution is 5.84. The van der Waals surface area contributed by atoms with Crippen molar-refractivity contribution >= 4 is 11.9 Å². The lowest BCUT2D eigenvalue weighted by Gasteiger charge is -2.14. The summed E-state index contributed by atoms with van der Waals surface area (Å²) in [5.41, 5.74) is 0.662. The van der Waals surface area contributed by atoms with Crippen LogP contribution in [0.15, 0.2) is 24.3 Å². The minimum atomic E-state index is -1.00. The van der Waals surface area contributed by atoms with E-state index in [0.717, 1.165) is 12.8 Å². The lowest BCUT2D eigenvalue weighted by molar-refractivity contribution is -0.142. The fourth-order valence-corrected chi connectivity index (χ4v) is 1.94. The maximum atomic E-state index is 12.7. The molecule has 2 rings (SSSR count). The summed E-state index contributed by atoms with van der Waals surface area (Å²) < 4.78 is 12.7. The molecule has 5 heteroatoms. The summed E-state index contributed by atoms with van der Waals surface area (Å²) in [4.78, 5) is 22.8. The molecule has 0 aromatic heterocycles. The number of carbonyl (C=O) groups excluding carboxylic acids is 1. The highest BCUT2D eigenvalue weighted by Gasteiger charge is 2.30. The fourth-order valence-electron chi connectivity index (χ4n) is 1.94. The van der Waals surface area contributed by atoms with Crippen LogP contribution in [0.1, 0.15) is 24.8 Å². The number of nitrogens with one attached hydrogen (secondary N) is 1. The number of hydrogen-bond acceptors (Lipinski definition) is 2. The molecule has 0 aliphatic heterocycles. The number of hydrogen-bond donors (Lipinski definition) is 2. The molecule has 1 aliphatic carbocycles. The highest BCUT2D eigenvalue weighted by Crippen LogP contribution is 2.33. The lowest BCUT2D eigenvalue weighted by Crippen LogP contribution is -2.41. The van der Waals surface area contributed by atoms with Gasteiger partial charge in [-0.05, 0) is 30.0 Å². The van der Waals surface area contributed by atoms with Gasteiger partial charge in [-0.15, -0.1) is 0 Å². The molecule has 1 saturated carbocycles. The van der Waals surface area contributed by atoms with Crippen LogP contribution in [-0.2, 0) is 16.0 Å². The van der Waals surface area contributed by atoms with Gasteiger partial charge in [0.15, 0.2) is 0 Å².